The van der Waals surface area contributed by atoms with Crippen LogP contribution in [0.2, 0.25) is 0 Å². The summed E-state index contributed by atoms with van der Waals surface area (Å²) in [7, 11) is 0. The van der Waals surface area contributed by atoms with Crippen LogP contribution in [0.4, 0.5) is 0 Å². The summed E-state index contributed by atoms with van der Waals surface area (Å²) in [4.78, 5) is 0. The smallest absolute Gasteiger partial charge is 0.125 e. The van der Waals surface area contributed by atoms with Crippen LogP contribution in [0.3, 0.4) is 0 Å². The van der Waals surface area contributed by atoms with Crippen LogP contribution in [-0.2, 0) is 0 Å². The van der Waals surface area contributed by atoms with Gasteiger partial charge in [0.05, 0.1) is 18.4 Å². The third kappa shape index (κ3) is 2.94. The Hall–Kier alpha value is -1.58. The summed E-state index contributed by atoms with van der Waals surface area (Å²) < 4.78 is 5.58. The van der Waals surface area contributed by atoms with Crippen molar-refractivity contribution in [3.63, 3.8) is 0 Å². The van der Waals surface area contributed by atoms with Crippen LogP contribution in [0.5, 0.6) is 0 Å². The molecule has 3 rings (SSSR count). The van der Waals surface area contributed by atoms with Crippen molar-refractivity contribution < 1.29 is 9.52 Å². The standard InChI is InChI=1S/C17H21NO2/c19-15-10-5-4-9-14(15)18-17(16-11-6-12-20-16)13-7-2-1-3-8-13/h1-3,6-8,11-12,14-15,17-19H,4-5,9-10H2. The van der Waals surface area contributed by atoms with Crippen molar-refractivity contribution in [3.05, 3.63) is 60.1 Å². The fraction of sp³-hybridized carbons (Fsp3) is 0.412. The van der Waals surface area contributed by atoms with Gasteiger partial charge < -0.3 is 9.52 Å². The summed E-state index contributed by atoms with van der Waals surface area (Å²) in [6.07, 6.45) is 5.64. The molecule has 20 heavy (non-hydrogen) atoms. The Kier molecular flexibility index (Phi) is 4.19. The SMILES string of the molecule is OC1CCCCC1NC(c1ccccc1)c1ccco1. The Balaban J connectivity index is 1.83. The molecule has 0 aliphatic heterocycles. The molecule has 2 aromatic rings. The molecule has 1 aromatic carbocycles. The van der Waals surface area contributed by atoms with Crippen LogP contribution in [-0.4, -0.2) is 17.3 Å². The van der Waals surface area contributed by atoms with Crippen LogP contribution in [0.1, 0.15) is 43.0 Å². The first-order valence-corrected chi connectivity index (χ1v) is 7.37. The van der Waals surface area contributed by atoms with E-state index in [1.807, 2.05) is 30.3 Å². The molecule has 0 bridgehead atoms. The average molecular weight is 271 g/mol. The van der Waals surface area contributed by atoms with Gasteiger partial charge in [-0.3, -0.25) is 5.32 Å². The highest BCUT2D eigenvalue weighted by molar-refractivity contribution is 5.26. The molecule has 0 radical (unpaired) electrons. The lowest BCUT2D eigenvalue weighted by molar-refractivity contribution is 0.0859. The predicted octanol–water partition coefficient (Wildman–Crippen LogP) is 3.26. The van der Waals surface area contributed by atoms with Gasteiger partial charge in [-0.05, 0) is 30.5 Å². The Morgan fingerprint density at radius 1 is 1.05 bits per heavy atom. The van der Waals surface area contributed by atoms with Crippen molar-refractivity contribution >= 4 is 0 Å². The van der Waals surface area contributed by atoms with Crippen molar-refractivity contribution in [1.29, 1.82) is 0 Å². The molecule has 106 valence electrons. The highest BCUT2D eigenvalue weighted by atomic mass is 16.3. The van der Waals surface area contributed by atoms with Crippen molar-refractivity contribution in [2.45, 2.75) is 43.9 Å². The summed E-state index contributed by atoms with van der Waals surface area (Å²) in [5, 5.41) is 13.7. The number of nitrogens with one attached hydrogen (secondary N) is 1. The van der Waals surface area contributed by atoms with Crippen LogP contribution >= 0.6 is 0 Å². The van der Waals surface area contributed by atoms with E-state index in [0.717, 1.165) is 25.0 Å². The van der Waals surface area contributed by atoms with Crippen LogP contribution in [0.25, 0.3) is 0 Å². The van der Waals surface area contributed by atoms with Gasteiger partial charge in [0, 0.05) is 6.04 Å². The number of rotatable bonds is 4. The molecule has 3 heteroatoms. The van der Waals surface area contributed by atoms with Gasteiger partial charge in [0.1, 0.15) is 5.76 Å². The molecule has 1 aliphatic rings. The molecule has 0 saturated heterocycles. The molecule has 1 fully saturated rings. The number of benzene rings is 1. The van der Waals surface area contributed by atoms with E-state index in [0.29, 0.717) is 0 Å². The first kappa shape index (κ1) is 13.4. The molecule has 3 atom stereocenters. The van der Waals surface area contributed by atoms with Gasteiger partial charge in [0.2, 0.25) is 0 Å². The van der Waals surface area contributed by atoms with E-state index in [1.54, 1.807) is 6.26 Å². The fourth-order valence-corrected chi connectivity index (χ4v) is 2.96. The van der Waals surface area contributed by atoms with Gasteiger partial charge in [-0.1, -0.05) is 43.2 Å². The quantitative estimate of drug-likeness (QED) is 0.897. The third-order valence-electron chi connectivity index (χ3n) is 4.07. The molecule has 1 heterocycles. The monoisotopic (exact) mass is 271 g/mol. The summed E-state index contributed by atoms with van der Waals surface area (Å²) in [5.74, 6) is 0.897. The molecule has 0 amide bonds. The molecule has 1 aromatic heterocycles. The highest BCUT2D eigenvalue weighted by Gasteiger charge is 2.27. The van der Waals surface area contributed by atoms with Crippen molar-refractivity contribution in [2.24, 2.45) is 0 Å². The first-order chi connectivity index (χ1) is 9.84. The van der Waals surface area contributed by atoms with Crippen molar-refractivity contribution in [2.75, 3.05) is 0 Å². The van der Waals surface area contributed by atoms with Gasteiger partial charge in [-0.15, -0.1) is 0 Å². The van der Waals surface area contributed by atoms with E-state index < -0.39 is 0 Å². The van der Waals surface area contributed by atoms with Gasteiger partial charge in [-0.2, -0.15) is 0 Å². The average Bonchev–Trinajstić information content (AvgIpc) is 3.01. The maximum absolute atomic E-state index is 10.2. The molecule has 3 unspecified atom stereocenters. The van der Waals surface area contributed by atoms with Gasteiger partial charge >= 0.3 is 0 Å². The van der Waals surface area contributed by atoms with Crippen molar-refractivity contribution in [3.8, 4) is 0 Å². The lowest BCUT2D eigenvalue weighted by Gasteiger charge is -2.32. The Bertz CT molecular complexity index is 509. The molecular formula is C17H21NO2. The normalized spacial score (nSPS) is 24.4. The highest BCUT2D eigenvalue weighted by Crippen LogP contribution is 2.26. The van der Waals surface area contributed by atoms with Crippen LogP contribution in [0, 0.1) is 0 Å². The first-order valence-electron chi connectivity index (χ1n) is 7.37. The molecule has 0 spiro atoms. The number of furan rings is 1. The lowest BCUT2D eigenvalue weighted by atomic mass is 9.91. The topological polar surface area (TPSA) is 45.4 Å². The van der Waals surface area contributed by atoms with Crippen LogP contribution in [0.15, 0.2) is 53.1 Å². The van der Waals surface area contributed by atoms with E-state index in [-0.39, 0.29) is 18.2 Å². The van der Waals surface area contributed by atoms with Gasteiger partial charge in [-0.25, -0.2) is 0 Å². The summed E-state index contributed by atoms with van der Waals surface area (Å²) >= 11 is 0. The number of hydrogen-bond donors (Lipinski definition) is 2. The van der Waals surface area contributed by atoms with E-state index in [9.17, 15) is 5.11 Å². The summed E-state index contributed by atoms with van der Waals surface area (Å²) in [5.41, 5.74) is 1.17. The lowest BCUT2D eigenvalue weighted by Crippen LogP contribution is -2.44. The van der Waals surface area contributed by atoms with Crippen LogP contribution < -0.4 is 5.32 Å². The minimum Gasteiger partial charge on any atom is -0.467 e. The predicted molar refractivity (Wildman–Crippen MR) is 78.4 cm³/mol. The van der Waals surface area contributed by atoms with E-state index in [1.165, 1.54) is 12.0 Å². The fourth-order valence-electron chi connectivity index (χ4n) is 2.96. The van der Waals surface area contributed by atoms with E-state index in [2.05, 4.69) is 17.4 Å². The number of aliphatic hydroxyl groups is 1. The van der Waals surface area contributed by atoms with E-state index >= 15 is 0 Å². The zero-order chi connectivity index (χ0) is 13.8. The maximum Gasteiger partial charge on any atom is 0.125 e. The molecular weight excluding hydrogens is 250 g/mol. The molecule has 1 aliphatic carbocycles. The van der Waals surface area contributed by atoms with Gasteiger partial charge in [0.15, 0.2) is 0 Å². The molecule has 3 nitrogen and oxygen atoms in total. The molecule has 1 saturated carbocycles. The number of aliphatic hydroxyl groups excluding tert-OH is 1. The minimum absolute atomic E-state index is 0.00366. The Morgan fingerprint density at radius 3 is 2.55 bits per heavy atom. The minimum atomic E-state index is -0.259. The second-order valence-corrected chi connectivity index (χ2v) is 5.48. The Morgan fingerprint density at radius 2 is 1.85 bits per heavy atom. The summed E-state index contributed by atoms with van der Waals surface area (Å²) in [6, 6.07) is 14.3. The maximum atomic E-state index is 10.2. The second-order valence-electron chi connectivity index (χ2n) is 5.48. The second kappa shape index (κ2) is 6.25. The third-order valence-corrected chi connectivity index (χ3v) is 4.07. The van der Waals surface area contributed by atoms with E-state index in [4.69, 9.17) is 4.42 Å². The van der Waals surface area contributed by atoms with Gasteiger partial charge in [0.25, 0.3) is 0 Å². The largest absolute Gasteiger partial charge is 0.467 e. The van der Waals surface area contributed by atoms with Crippen molar-refractivity contribution in [1.82, 2.24) is 5.32 Å². The molecule has 2 N–H and O–H groups in total. The summed E-state index contributed by atoms with van der Waals surface area (Å²) in [6.45, 7) is 0. The Labute approximate surface area is 119 Å². The zero-order valence-corrected chi connectivity index (χ0v) is 11.5. The zero-order valence-electron chi connectivity index (χ0n) is 11.5. The number of hydrogen-bond acceptors (Lipinski definition) is 3.